The third-order valence-corrected chi connectivity index (χ3v) is 4.32. The summed E-state index contributed by atoms with van der Waals surface area (Å²) in [5, 5.41) is 12.8. The van der Waals surface area contributed by atoms with Gasteiger partial charge in [-0.05, 0) is 37.3 Å². The fourth-order valence-electron chi connectivity index (χ4n) is 2.40. The number of carbonyl (C=O) groups excluding carboxylic acids is 1. The van der Waals surface area contributed by atoms with E-state index in [0.717, 1.165) is 19.3 Å². The Balaban J connectivity index is 1.96. The second-order valence-corrected chi connectivity index (χ2v) is 6.14. The Labute approximate surface area is 121 Å². The Morgan fingerprint density at radius 1 is 1.53 bits per heavy atom. The summed E-state index contributed by atoms with van der Waals surface area (Å²) in [4.78, 5) is 12.6. The van der Waals surface area contributed by atoms with Crippen molar-refractivity contribution in [2.75, 3.05) is 13.7 Å². The minimum atomic E-state index is -0.255. The maximum absolute atomic E-state index is 12.0. The van der Waals surface area contributed by atoms with Crippen LogP contribution >= 0.6 is 15.9 Å². The molecule has 2 atom stereocenters. The molecule has 1 saturated carbocycles. The van der Waals surface area contributed by atoms with E-state index >= 15 is 0 Å². The molecule has 0 radical (unpaired) electrons. The number of benzene rings is 1. The molecule has 2 rings (SSSR count). The van der Waals surface area contributed by atoms with Gasteiger partial charge in [-0.3, -0.25) is 4.79 Å². The number of para-hydroxylation sites is 1. The number of phenolic OH excluding ortho intramolecular Hbond substituents is 1. The van der Waals surface area contributed by atoms with Crippen LogP contribution in [0.4, 0.5) is 0 Å². The Bertz CT molecular complexity index is 464. The monoisotopic (exact) mass is 327 g/mol. The van der Waals surface area contributed by atoms with Gasteiger partial charge in [0.2, 0.25) is 0 Å². The van der Waals surface area contributed by atoms with Crippen LogP contribution in [0.25, 0.3) is 0 Å². The maximum atomic E-state index is 12.0. The van der Waals surface area contributed by atoms with Crippen molar-refractivity contribution in [2.45, 2.75) is 24.1 Å². The number of amides is 1. The molecule has 1 amide bonds. The van der Waals surface area contributed by atoms with Crippen molar-refractivity contribution in [3.63, 3.8) is 0 Å². The number of nitrogens with one attached hydrogen (secondary N) is 1. The average molecular weight is 328 g/mol. The predicted molar refractivity (Wildman–Crippen MR) is 77.0 cm³/mol. The normalized spacial score (nSPS) is 22.2. The van der Waals surface area contributed by atoms with Gasteiger partial charge in [-0.15, -0.1) is 0 Å². The molecule has 2 unspecified atom stereocenters. The topological polar surface area (TPSA) is 58.6 Å². The third kappa shape index (κ3) is 3.41. The second kappa shape index (κ2) is 6.28. The highest BCUT2D eigenvalue weighted by Crippen LogP contribution is 2.31. The first kappa shape index (κ1) is 14.2. The number of hydrogen-bond donors (Lipinski definition) is 2. The molecule has 4 nitrogen and oxygen atoms in total. The van der Waals surface area contributed by atoms with E-state index in [1.165, 1.54) is 7.11 Å². The van der Waals surface area contributed by atoms with Gasteiger partial charge in [0.15, 0.2) is 11.5 Å². The smallest absolute Gasteiger partial charge is 0.255 e. The highest BCUT2D eigenvalue weighted by Gasteiger charge is 2.23. The summed E-state index contributed by atoms with van der Waals surface area (Å²) in [6, 6.07) is 4.91. The number of ether oxygens (including phenoxy) is 1. The van der Waals surface area contributed by atoms with E-state index in [9.17, 15) is 9.90 Å². The van der Waals surface area contributed by atoms with Crippen LogP contribution in [0.3, 0.4) is 0 Å². The summed E-state index contributed by atoms with van der Waals surface area (Å²) in [5.74, 6) is 0.469. The number of hydrogen-bond acceptors (Lipinski definition) is 3. The molecule has 0 aromatic heterocycles. The van der Waals surface area contributed by atoms with Gasteiger partial charge < -0.3 is 15.2 Å². The van der Waals surface area contributed by atoms with Crippen LogP contribution in [0, 0.1) is 5.92 Å². The number of halogens is 1. The van der Waals surface area contributed by atoms with E-state index < -0.39 is 0 Å². The van der Waals surface area contributed by atoms with Gasteiger partial charge in [0.25, 0.3) is 5.91 Å². The molecule has 19 heavy (non-hydrogen) atoms. The summed E-state index contributed by atoms with van der Waals surface area (Å²) in [6.07, 6.45) is 3.37. The standard InChI is InChI=1S/C14H18BrNO3/c1-19-12-4-2-3-11(13(12)17)14(18)16-8-9-5-6-10(15)7-9/h2-4,9-10,17H,5-8H2,1H3,(H,16,18). The fraction of sp³-hybridized carbons (Fsp3) is 0.500. The van der Waals surface area contributed by atoms with Crippen LogP contribution in [0.1, 0.15) is 29.6 Å². The van der Waals surface area contributed by atoms with E-state index in [4.69, 9.17) is 4.74 Å². The zero-order valence-corrected chi connectivity index (χ0v) is 12.4. The van der Waals surface area contributed by atoms with Gasteiger partial charge >= 0.3 is 0 Å². The largest absolute Gasteiger partial charge is 0.504 e. The molecular formula is C14H18BrNO3. The fourth-order valence-corrected chi connectivity index (χ4v) is 3.19. The molecule has 1 aromatic rings. The van der Waals surface area contributed by atoms with E-state index in [1.54, 1.807) is 18.2 Å². The van der Waals surface area contributed by atoms with Gasteiger partial charge in [0.1, 0.15) is 0 Å². The van der Waals surface area contributed by atoms with E-state index in [1.807, 2.05) is 0 Å². The van der Waals surface area contributed by atoms with Gasteiger partial charge in [0.05, 0.1) is 12.7 Å². The second-order valence-electron chi connectivity index (χ2n) is 4.84. The number of alkyl halides is 1. The van der Waals surface area contributed by atoms with Gasteiger partial charge in [-0.1, -0.05) is 22.0 Å². The van der Waals surface area contributed by atoms with E-state index in [2.05, 4.69) is 21.2 Å². The minimum Gasteiger partial charge on any atom is -0.504 e. The SMILES string of the molecule is COc1cccc(C(=O)NCC2CCC(Br)C2)c1O. The van der Waals surface area contributed by atoms with E-state index in [0.29, 0.717) is 23.0 Å². The summed E-state index contributed by atoms with van der Waals surface area (Å²) in [7, 11) is 1.46. The zero-order chi connectivity index (χ0) is 13.8. The first-order chi connectivity index (χ1) is 9.11. The lowest BCUT2D eigenvalue weighted by Crippen LogP contribution is -2.28. The molecule has 0 saturated heterocycles. The third-order valence-electron chi connectivity index (χ3n) is 3.49. The molecule has 1 aliphatic carbocycles. The van der Waals surface area contributed by atoms with Crippen molar-refractivity contribution in [1.82, 2.24) is 5.32 Å². The van der Waals surface area contributed by atoms with Gasteiger partial charge in [-0.25, -0.2) is 0 Å². The highest BCUT2D eigenvalue weighted by molar-refractivity contribution is 9.09. The van der Waals surface area contributed by atoms with Gasteiger partial charge in [-0.2, -0.15) is 0 Å². The lowest BCUT2D eigenvalue weighted by molar-refractivity contribution is 0.0944. The number of aromatic hydroxyl groups is 1. The number of carbonyl (C=O) groups is 1. The average Bonchev–Trinajstić information content (AvgIpc) is 2.82. The van der Waals surface area contributed by atoms with Crippen molar-refractivity contribution in [3.05, 3.63) is 23.8 Å². The van der Waals surface area contributed by atoms with Crippen molar-refractivity contribution >= 4 is 21.8 Å². The molecule has 2 N–H and O–H groups in total. The molecule has 0 aliphatic heterocycles. The Morgan fingerprint density at radius 3 is 2.95 bits per heavy atom. The molecule has 0 spiro atoms. The predicted octanol–water partition coefficient (Wildman–Crippen LogP) is 2.69. The van der Waals surface area contributed by atoms with E-state index in [-0.39, 0.29) is 17.2 Å². The molecule has 1 aliphatic rings. The first-order valence-corrected chi connectivity index (χ1v) is 7.31. The van der Waals surface area contributed by atoms with Crippen molar-refractivity contribution in [3.8, 4) is 11.5 Å². The van der Waals surface area contributed by atoms with Crippen molar-refractivity contribution in [2.24, 2.45) is 5.92 Å². The molecule has 1 aromatic carbocycles. The molecule has 0 bridgehead atoms. The molecule has 0 heterocycles. The maximum Gasteiger partial charge on any atom is 0.255 e. The van der Waals surface area contributed by atoms with Crippen LogP contribution < -0.4 is 10.1 Å². The molecule has 104 valence electrons. The molecular weight excluding hydrogens is 310 g/mol. The highest BCUT2D eigenvalue weighted by atomic mass is 79.9. The van der Waals surface area contributed by atoms with Crippen LogP contribution in [-0.4, -0.2) is 29.5 Å². The number of phenols is 1. The van der Waals surface area contributed by atoms with Crippen LogP contribution in [0.2, 0.25) is 0 Å². The van der Waals surface area contributed by atoms with Crippen molar-refractivity contribution < 1.29 is 14.6 Å². The quantitative estimate of drug-likeness (QED) is 0.836. The Kier molecular flexibility index (Phi) is 4.69. The summed E-state index contributed by atoms with van der Waals surface area (Å²) in [5.41, 5.74) is 0.257. The Hall–Kier alpha value is -1.23. The number of rotatable bonds is 4. The Morgan fingerprint density at radius 2 is 2.32 bits per heavy atom. The van der Waals surface area contributed by atoms with Crippen LogP contribution in [0.15, 0.2) is 18.2 Å². The van der Waals surface area contributed by atoms with Crippen LogP contribution in [-0.2, 0) is 0 Å². The first-order valence-electron chi connectivity index (χ1n) is 6.40. The lowest BCUT2D eigenvalue weighted by Gasteiger charge is -2.12. The summed E-state index contributed by atoms with van der Waals surface area (Å²) < 4.78 is 4.99. The molecule has 1 fully saturated rings. The zero-order valence-electron chi connectivity index (χ0n) is 10.9. The number of methoxy groups -OCH3 is 1. The minimum absolute atomic E-state index is 0.104. The summed E-state index contributed by atoms with van der Waals surface area (Å²) >= 11 is 3.59. The lowest BCUT2D eigenvalue weighted by atomic mass is 10.1. The van der Waals surface area contributed by atoms with Gasteiger partial charge in [0, 0.05) is 11.4 Å². The van der Waals surface area contributed by atoms with Crippen LogP contribution in [0.5, 0.6) is 11.5 Å². The molecule has 5 heteroatoms. The summed E-state index contributed by atoms with van der Waals surface area (Å²) in [6.45, 7) is 0.650. The van der Waals surface area contributed by atoms with Crippen molar-refractivity contribution in [1.29, 1.82) is 0 Å².